The third-order valence-electron chi connectivity index (χ3n) is 4.63. The number of methoxy groups -OCH3 is 1. The van der Waals surface area contributed by atoms with Gasteiger partial charge in [0.2, 0.25) is 0 Å². The number of benzene rings is 2. The summed E-state index contributed by atoms with van der Waals surface area (Å²) in [6.45, 7) is 1.04. The van der Waals surface area contributed by atoms with Crippen molar-refractivity contribution in [2.24, 2.45) is 0 Å². The van der Waals surface area contributed by atoms with E-state index in [0.29, 0.717) is 30.2 Å². The number of ketones is 1. The highest BCUT2D eigenvalue weighted by atomic mass is 16.5. The van der Waals surface area contributed by atoms with Crippen LogP contribution in [0.4, 0.5) is 0 Å². The molecule has 0 aliphatic rings. The van der Waals surface area contributed by atoms with Crippen molar-refractivity contribution in [2.75, 3.05) is 21.2 Å². The molecule has 3 aromatic rings. The number of aromatic nitrogens is 1. The summed E-state index contributed by atoms with van der Waals surface area (Å²) in [4.78, 5) is 27.2. The number of carbonyl (C=O) groups is 1. The van der Waals surface area contributed by atoms with E-state index in [2.05, 4.69) is 0 Å². The zero-order chi connectivity index (χ0) is 21.5. The first-order valence-electron chi connectivity index (χ1n) is 9.68. The normalized spacial score (nSPS) is 10.8. The number of Topliss-reactive ketones (excluding diaryl/α,β-unsaturated/α-hetero) is 1. The molecule has 0 saturated carbocycles. The Morgan fingerprint density at radius 1 is 1.03 bits per heavy atom. The molecule has 2 aromatic carbocycles. The fourth-order valence-electron chi connectivity index (χ4n) is 3.09. The van der Waals surface area contributed by atoms with Crippen molar-refractivity contribution in [3.05, 3.63) is 93.9 Å². The van der Waals surface area contributed by atoms with Crippen molar-refractivity contribution in [1.82, 2.24) is 9.47 Å². The topological polar surface area (TPSA) is 60.8 Å². The fraction of sp³-hybridized carbons (Fsp3) is 0.250. The van der Waals surface area contributed by atoms with Crippen molar-refractivity contribution in [3.8, 4) is 11.5 Å². The zero-order valence-electron chi connectivity index (χ0n) is 17.5. The maximum absolute atomic E-state index is 12.7. The first-order chi connectivity index (χ1) is 14.5. The lowest BCUT2D eigenvalue weighted by molar-refractivity contribution is 0.0970. The molecule has 0 saturated heterocycles. The van der Waals surface area contributed by atoms with E-state index in [4.69, 9.17) is 9.47 Å². The minimum atomic E-state index is -0.287. The number of nitrogens with zero attached hydrogens (tertiary/aromatic N) is 2. The second-order valence-corrected chi connectivity index (χ2v) is 7.29. The Labute approximate surface area is 176 Å². The van der Waals surface area contributed by atoms with Crippen LogP contribution in [0.15, 0.2) is 71.7 Å². The average Bonchev–Trinajstić information content (AvgIpc) is 2.74. The maximum Gasteiger partial charge on any atom is 0.254 e. The predicted molar refractivity (Wildman–Crippen MR) is 116 cm³/mol. The van der Waals surface area contributed by atoms with Crippen LogP contribution in [0, 0.1) is 0 Å². The van der Waals surface area contributed by atoms with Crippen molar-refractivity contribution in [3.63, 3.8) is 0 Å². The average molecular weight is 406 g/mol. The Bertz CT molecular complexity index is 1060. The van der Waals surface area contributed by atoms with E-state index in [1.165, 1.54) is 10.6 Å². The summed E-state index contributed by atoms with van der Waals surface area (Å²) >= 11 is 0. The van der Waals surface area contributed by atoms with Crippen molar-refractivity contribution in [2.45, 2.75) is 19.7 Å². The number of ether oxygens (including phenoxy) is 2. The third-order valence-corrected chi connectivity index (χ3v) is 4.63. The van der Waals surface area contributed by atoms with Gasteiger partial charge in [-0.2, -0.15) is 0 Å². The SMILES string of the molecule is COc1cc(C(=O)Cn2ccc(OCc3ccccc3)cc2=O)ccc1CN(C)C. The van der Waals surface area contributed by atoms with Crippen LogP contribution in [0.25, 0.3) is 0 Å². The molecule has 0 amide bonds. The van der Waals surface area contributed by atoms with Gasteiger partial charge in [-0.15, -0.1) is 0 Å². The van der Waals surface area contributed by atoms with E-state index in [-0.39, 0.29) is 17.9 Å². The highest BCUT2D eigenvalue weighted by Gasteiger charge is 2.12. The second-order valence-electron chi connectivity index (χ2n) is 7.29. The third kappa shape index (κ3) is 5.58. The van der Waals surface area contributed by atoms with Gasteiger partial charge in [-0.25, -0.2) is 0 Å². The van der Waals surface area contributed by atoms with E-state index in [1.807, 2.05) is 55.4 Å². The van der Waals surface area contributed by atoms with Gasteiger partial charge in [-0.3, -0.25) is 9.59 Å². The standard InChI is InChI=1S/C24H26N2O4/c1-25(2)15-20-10-9-19(13-23(20)29-3)22(27)16-26-12-11-21(14-24(26)28)30-17-18-7-5-4-6-8-18/h4-14H,15-17H2,1-3H3. The summed E-state index contributed by atoms with van der Waals surface area (Å²) < 4.78 is 12.5. The summed E-state index contributed by atoms with van der Waals surface area (Å²) in [7, 11) is 5.53. The molecule has 156 valence electrons. The molecule has 0 radical (unpaired) electrons. The molecular formula is C24H26N2O4. The molecule has 3 rings (SSSR count). The summed E-state index contributed by atoms with van der Waals surface area (Å²) in [5, 5.41) is 0. The lowest BCUT2D eigenvalue weighted by Gasteiger charge is -2.14. The van der Waals surface area contributed by atoms with Crippen LogP contribution in [0.1, 0.15) is 21.5 Å². The molecule has 0 aliphatic heterocycles. The molecule has 0 spiro atoms. The lowest BCUT2D eigenvalue weighted by atomic mass is 10.1. The molecule has 30 heavy (non-hydrogen) atoms. The molecular weight excluding hydrogens is 380 g/mol. The van der Waals surface area contributed by atoms with Crippen molar-refractivity contribution < 1.29 is 14.3 Å². The molecule has 0 unspecified atom stereocenters. The fourth-order valence-corrected chi connectivity index (χ4v) is 3.09. The first-order valence-corrected chi connectivity index (χ1v) is 9.68. The van der Waals surface area contributed by atoms with Gasteiger partial charge in [0.15, 0.2) is 5.78 Å². The Morgan fingerprint density at radius 3 is 2.47 bits per heavy atom. The predicted octanol–water partition coefficient (Wildman–Crippen LogP) is 3.38. The summed E-state index contributed by atoms with van der Waals surface area (Å²) in [6, 6.07) is 18.2. The van der Waals surface area contributed by atoms with Crippen LogP contribution < -0.4 is 15.0 Å². The van der Waals surface area contributed by atoms with E-state index >= 15 is 0 Å². The van der Waals surface area contributed by atoms with Gasteiger partial charge in [-0.1, -0.05) is 42.5 Å². The first kappa shape index (κ1) is 21.3. The highest BCUT2D eigenvalue weighted by Crippen LogP contribution is 2.22. The molecule has 0 fully saturated rings. The van der Waals surface area contributed by atoms with Crippen LogP contribution in [-0.4, -0.2) is 36.5 Å². The summed E-state index contributed by atoms with van der Waals surface area (Å²) in [5.41, 5.74) is 2.23. The molecule has 6 nitrogen and oxygen atoms in total. The second kappa shape index (κ2) is 9.89. The van der Waals surface area contributed by atoms with Gasteiger partial charge in [0.05, 0.1) is 13.7 Å². The number of rotatable bonds is 9. The van der Waals surface area contributed by atoms with Crippen molar-refractivity contribution in [1.29, 1.82) is 0 Å². The zero-order valence-corrected chi connectivity index (χ0v) is 17.5. The minimum Gasteiger partial charge on any atom is -0.496 e. The number of pyridine rings is 1. The molecule has 1 heterocycles. The molecule has 0 atom stereocenters. The summed E-state index contributed by atoms with van der Waals surface area (Å²) in [6.07, 6.45) is 1.58. The molecule has 0 N–H and O–H groups in total. The quantitative estimate of drug-likeness (QED) is 0.510. The van der Waals surface area contributed by atoms with Gasteiger partial charge >= 0.3 is 0 Å². The Hall–Kier alpha value is -3.38. The van der Waals surface area contributed by atoms with Gasteiger partial charge in [0.25, 0.3) is 5.56 Å². The van der Waals surface area contributed by atoms with Crippen molar-refractivity contribution >= 4 is 5.78 Å². The number of carbonyl (C=O) groups excluding carboxylic acids is 1. The Balaban J connectivity index is 1.68. The van der Waals surface area contributed by atoms with E-state index in [0.717, 1.165) is 11.1 Å². The van der Waals surface area contributed by atoms with Gasteiger partial charge < -0.3 is 18.9 Å². The highest BCUT2D eigenvalue weighted by molar-refractivity contribution is 5.96. The van der Waals surface area contributed by atoms with Gasteiger partial charge in [0, 0.05) is 29.9 Å². The molecule has 0 bridgehead atoms. The number of hydrogen-bond acceptors (Lipinski definition) is 5. The largest absolute Gasteiger partial charge is 0.496 e. The van der Waals surface area contributed by atoms with E-state index in [1.54, 1.807) is 31.5 Å². The Morgan fingerprint density at radius 2 is 1.80 bits per heavy atom. The van der Waals surface area contributed by atoms with Crippen LogP contribution in [0.2, 0.25) is 0 Å². The van der Waals surface area contributed by atoms with Gasteiger partial charge in [0.1, 0.15) is 18.1 Å². The van der Waals surface area contributed by atoms with Gasteiger partial charge in [-0.05, 0) is 31.8 Å². The minimum absolute atomic E-state index is 0.0476. The maximum atomic E-state index is 12.7. The van der Waals surface area contributed by atoms with Crippen LogP contribution in [-0.2, 0) is 19.7 Å². The molecule has 6 heteroatoms. The van der Waals surface area contributed by atoms with Crippen LogP contribution >= 0.6 is 0 Å². The van der Waals surface area contributed by atoms with Crippen LogP contribution in [0.3, 0.4) is 0 Å². The summed E-state index contributed by atoms with van der Waals surface area (Å²) in [5.74, 6) is 0.971. The number of hydrogen-bond donors (Lipinski definition) is 0. The van der Waals surface area contributed by atoms with Crippen LogP contribution in [0.5, 0.6) is 11.5 Å². The monoisotopic (exact) mass is 406 g/mol. The Kier molecular flexibility index (Phi) is 7.03. The molecule has 0 aliphatic carbocycles. The van der Waals surface area contributed by atoms with E-state index < -0.39 is 0 Å². The van der Waals surface area contributed by atoms with E-state index in [9.17, 15) is 9.59 Å². The smallest absolute Gasteiger partial charge is 0.254 e. The lowest BCUT2D eigenvalue weighted by Crippen LogP contribution is -2.23. The molecule has 1 aromatic heterocycles.